The highest BCUT2D eigenvalue weighted by molar-refractivity contribution is 5.84. The number of halogens is 1. The molecule has 0 radical (unpaired) electrons. The van der Waals surface area contributed by atoms with Crippen LogP contribution in [0.4, 0.5) is 4.39 Å². The van der Waals surface area contributed by atoms with Gasteiger partial charge in [0.2, 0.25) is 5.91 Å². The van der Waals surface area contributed by atoms with Crippen molar-refractivity contribution in [3.63, 3.8) is 0 Å². The first-order valence-corrected chi connectivity index (χ1v) is 9.13. The van der Waals surface area contributed by atoms with Crippen molar-refractivity contribution in [2.24, 2.45) is 5.92 Å². The molecule has 27 heavy (non-hydrogen) atoms. The van der Waals surface area contributed by atoms with E-state index in [4.69, 9.17) is 0 Å². The average molecular weight is 369 g/mol. The summed E-state index contributed by atoms with van der Waals surface area (Å²) < 4.78 is 15.7. The highest BCUT2D eigenvalue weighted by atomic mass is 19.1. The van der Waals surface area contributed by atoms with Crippen molar-refractivity contribution in [1.82, 2.24) is 19.4 Å². The Hall–Kier alpha value is -3.03. The molecule has 1 aliphatic carbocycles. The first-order chi connectivity index (χ1) is 13.1. The Kier molecular flexibility index (Phi) is 4.70. The molecular formula is C19H20FN5O2. The third-order valence-electron chi connectivity index (χ3n) is 5.00. The number of hydrogen-bond donors (Lipinski definition) is 1. The molecule has 2 heterocycles. The maximum Gasteiger partial charge on any atom is 0.283 e. The number of benzene rings is 1. The molecule has 0 saturated heterocycles. The highest BCUT2D eigenvalue weighted by Crippen LogP contribution is 2.26. The van der Waals surface area contributed by atoms with Gasteiger partial charge in [-0.1, -0.05) is 19.3 Å². The molecule has 8 heteroatoms. The van der Waals surface area contributed by atoms with Gasteiger partial charge in [0, 0.05) is 6.42 Å². The Morgan fingerprint density at radius 3 is 2.67 bits per heavy atom. The molecule has 1 aliphatic rings. The summed E-state index contributed by atoms with van der Waals surface area (Å²) in [6.07, 6.45) is 8.77. The third kappa shape index (κ3) is 3.60. The van der Waals surface area contributed by atoms with Gasteiger partial charge >= 0.3 is 0 Å². The van der Waals surface area contributed by atoms with E-state index in [1.54, 1.807) is 12.1 Å². The van der Waals surface area contributed by atoms with Crippen LogP contribution in [0, 0.1) is 11.7 Å². The van der Waals surface area contributed by atoms with E-state index in [9.17, 15) is 14.0 Å². The molecule has 0 atom stereocenters. The second-order valence-electron chi connectivity index (χ2n) is 6.93. The summed E-state index contributed by atoms with van der Waals surface area (Å²) in [6, 6.07) is 5.74. The third-order valence-corrected chi connectivity index (χ3v) is 5.00. The smallest absolute Gasteiger partial charge is 0.273 e. The zero-order valence-electron chi connectivity index (χ0n) is 14.8. The molecule has 4 rings (SSSR count). The van der Waals surface area contributed by atoms with Gasteiger partial charge in [-0.05, 0) is 43.0 Å². The van der Waals surface area contributed by atoms with Crippen LogP contribution in [-0.4, -0.2) is 25.3 Å². The summed E-state index contributed by atoms with van der Waals surface area (Å²) in [5.41, 5.74) is 3.17. The number of nitrogens with one attached hydrogen (secondary N) is 1. The summed E-state index contributed by atoms with van der Waals surface area (Å²) in [5.74, 6) is -0.158. The minimum Gasteiger partial charge on any atom is -0.273 e. The lowest BCUT2D eigenvalue weighted by molar-refractivity contribution is -0.118. The quantitative estimate of drug-likeness (QED) is 0.767. The van der Waals surface area contributed by atoms with Gasteiger partial charge < -0.3 is 0 Å². The maximum absolute atomic E-state index is 13.1. The first-order valence-electron chi connectivity index (χ1n) is 9.13. The van der Waals surface area contributed by atoms with E-state index in [2.05, 4.69) is 15.5 Å². The van der Waals surface area contributed by atoms with Gasteiger partial charge in [0.05, 0.1) is 11.9 Å². The van der Waals surface area contributed by atoms with Crippen molar-refractivity contribution in [1.29, 1.82) is 0 Å². The summed E-state index contributed by atoms with van der Waals surface area (Å²) in [7, 11) is 0. The minimum absolute atomic E-state index is 0.184. The van der Waals surface area contributed by atoms with Crippen molar-refractivity contribution >= 4 is 16.9 Å². The van der Waals surface area contributed by atoms with Crippen molar-refractivity contribution in [3.8, 4) is 5.69 Å². The van der Waals surface area contributed by atoms with Gasteiger partial charge in [-0.25, -0.2) is 18.7 Å². The van der Waals surface area contributed by atoms with Crippen LogP contribution in [0.2, 0.25) is 0 Å². The molecule has 3 aromatic rings. The molecule has 1 amide bonds. The minimum atomic E-state index is -0.398. The predicted molar refractivity (Wildman–Crippen MR) is 98.6 cm³/mol. The second kappa shape index (κ2) is 7.30. The molecule has 0 aliphatic heterocycles. The maximum atomic E-state index is 13.1. The normalized spacial score (nSPS) is 15.1. The highest BCUT2D eigenvalue weighted by Gasteiger charge is 2.18. The molecule has 0 bridgehead atoms. The number of fused-ring (bicyclic) bond motifs is 1. The largest absolute Gasteiger partial charge is 0.283 e. The van der Waals surface area contributed by atoms with Gasteiger partial charge in [0.15, 0.2) is 5.65 Å². The molecule has 1 aromatic carbocycles. The van der Waals surface area contributed by atoms with E-state index in [0.717, 1.165) is 30.4 Å². The van der Waals surface area contributed by atoms with Crippen LogP contribution in [0.1, 0.15) is 38.5 Å². The first kappa shape index (κ1) is 17.4. The molecule has 2 aromatic heterocycles. The summed E-state index contributed by atoms with van der Waals surface area (Å²) in [4.78, 5) is 29.2. The van der Waals surface area contributed by atoms with Crippen LogP contribution in [-0.2, 0) is 4.79 Å². The summed E-state index contributed by atoms with van der Waals surface area (Å²) in [5, 5.41) is 4.45. The Balaban J connectivity index is 1.56. The summed E-state index contributed by atoms with van der Waals surface area (Å²) in [6.45, 7) is 0. The number of hydrogen-bond acceptors (Lipinski definition) is 4. The fourth-order valence-corrected chi connectivity index (χ4v) is 3.60. The number of rotatable bonds is 4. The van der Waals surface area contributed by atoms with E-state index < -0.39 is 5.56 Å². The van der Waals surface area contributed by atoms with E-state index in [0.29, 0.717) is 23.7 Å². The number of carbonyl (C=O) groups is 1. The summed E-state index contributed by atoms with van der Waals surface area (Å²) >= 11 is 0. The van der Waals surface area contributed by atoms with Crippen LogP contribution in [0.15, 0.2) is 41.6 Å². The zero-order valence-corrected chi connectivity index (χ0v) is 14.8. The van der Waals surface area contributed by atoms with Crippen molar-refractivity contribution in [2.75, 3.05) is 5.43 Å². The van der Waals surface area contributed by atoms with Crippen LogP contribution in [0.25, 0.3) is 16.7 Å². The van der Waals surface area contributed by atoms with Gasteiger partial charge in [-0.2, -0.15) is 5.10 Å². The zero-order chi connectivity index (χ0) is 18.8. The topological polar surface area (TPSA) is 81.8 Å². The molecule has 1 saturated carbocycles. The number of carbonyl (C=O) groups excluding carboxylic acids is 1. The number of amides is 1. The lowest BCUT2D eigenvalue weighted by Crippen LogP contribution is -2.34. The van der Waals surface area contributed by atoms with Crippen LogP contribution < -0.4 is 11.0 Å². The Morgan fingerprint density at radius 1 is 1.19 bits per heavy atom. The average Bonchev–Trinajstić information content (AvgIpc) is 3.10. The predicted octanol–water partition coefficient (Wildman–Crippen LogP) is 2.76. The van der Waals surface area contributed by atoms with Crippen molar-refractivity contribution in [3.05, 3.63) is 53.0 Å². The van der Waals surface area contributed by atoms with Crippen LogP contribution in [0.5, 0.6) is 0 Å². The Morgan fingerprint density at radius 2 is 1.93 bits per heavy atom. The molecule has 1 fully saturated rings. The van der Waals surface area contributed by atoms with E-state index in [1.807, 2.05) is 0 Å². The van der Waals surface area contributed by atoms with E-state index in [-0.39, 0.29) is 17.1 Å². The second-order valence-corrected chi connectivity index (χ2v) is 6.93. The van der Waals surface area contributed by atoms with Gasteiger partial charge in [-0.3, -0.25) is 15.0 Å². The van der Waals surface area contributed by atoms with Gasteiger partial charge in [0.1, 0.15) is 17.5 Å². The SMILES string of the molecule is O=C(CC1CCCCC1)Nn1cnc2c(cnn2-c2ccc(F)cc2)c1=O. The molecule has 1 N–H and O–H groups in total. The number of nitrogens with zero attached hydrogens (tertiary/aromatic N) is 4. The molecule has 7 nitrogen and oxygen atoms in total. The number of aromatic nitrogens is 4. The van der Waals surface area contributed by atoms with Crippen molar-refractivity contribution < 1.29 is 9.18 Å². The molecule has 140 valence electrons. The Bertz CT molecular complexity index is 1020. The van der Waals surface area contributed by atoms with E-state index in [1.165, 1.54) is 35.8 Å². The van der Waals surface area contributed by atoms with Crippen molar-refractivity contribution in [2.45, 2.75) is 38.5 Å². The fraction of sp³-hybridized carbons (Fsp3) is 0.368. The lowest BCUT2D eigenvalue weighted by atomic mass is 9.87. The fourth-order valence-electron chi connectivity index (χ4n) is 3.60. The lowest BCUT2D eigenvalue weighted by Gasteiger charge is -2.20. The Labute approximate surface area is 154 Å². The molecule has 0 unspecified atom stereocenters. The molecule has 0 spiro atoms. The standard InChI is InChI=1S/C19H20FN5O2/c20-14-6-8-15(9-7-14)25-18-16(11-22-25)19(27)24(12-21-18)23-17(26)10-13-4-2-1-3-5-13/h6-9,11-13H,1-5,10H2,(H,23,26). The monoisotopic (exact) mass is 369 g/mol. The van der Waals surface area contributed by atoms with Gasteiger partial charge in [0.25, 0.3) is 5.56 Å². The van der Waals surface area contributed by atoms with Crippen LogP contribution in [0.3, 0.4) is 0 Å². The molecular weight excluding hydrogens is 349 g/mol. The van der Waals surface area contributed by atoms with Crippen LogP contribution >= 0.6 is 0 Å². The van der Waals surface area contributed by atoms with Gasteiger partial charge in [-0.15, -0.1) is 0 Å². The van der Waals surface area contributed by atoms with E-state index >= 15 is 0 Å².